The summed E-state index contributed by atoms with van der Waals surface area (Å²) in [6.45, 7) is -0.354. The largest absolute Gasteiger partial charge is 0.497 e. The molecular formula is C16H23NO7S. The molecule has 0 radical (unpaired) electrons. The number of carbonyl (C=O) groups excluding carboxylic acids is 1. The maximum Gasteiger partial charge on any atom is 0.308 e. The number of hydrogen-bond donors (Lipinski definition) is 2. The number of aliphatic hydroxyl groups is 1. The number of carbonyl (C=O) groups is 1. The molecule has 1 fully saturated rings. The Morgan fingerprint density at radius 3 is 2.52 bits per heavy atom. The number of hydrogen-bond acceptors (Lipinski definition) is 7. The van der Waals surface area contributed by atoms with Gasteiger partial charge >= 0.3 is 5.97 Å². The van der Waals surface area contributed by atoms with E-state index >= 15 is 0 Å². The summed E-state index contributed by atoms with van der Waals surface area (Å²) in [4.78, 5) is 11.4. The van der Waals surface area contributed by atoms with Gasteiger partial charge < -0.3 is 19.3 Å². The highest BCUT2D eigenvalue weighted by atomic mass is 32.2. The van der Waals surface area contributed by atoms with E-state index in [1.54, 1.807) is 12.1 Å². The monoisotopic (exact) mass is 373 g/mol. The Morgan fingerprint density at radius 2 is 1.96 bits per heavy atom. The van der Waals surface area contributed by atoms with Crippen molar-refractivity contribution in [1.29, 1.82) is 0 Å². The van der Waals surface area contributed by atoms with E-state index < -0.39 is 34.2 Å². The Labute approximate surface area is 147 Å². The van der Waals surface area contributed by atoms with Crippen molar-refractivity contribution in [3.63, 3.8) is 0 Å². The predicted octanol–water partition coefficient (Wildman–Crippen LogP) is 0.445. The summed E-state index contributed by atoms with van der Waals surface area (Å²) in [5.41, 5.74) is 0. The van der Waals surface area contributed by atoms with Crippen LogP contribution in [0, 0.1) is 0 Å². The highest BCUT2D eigenvalue weighted by Crippen LogP contribution is 2.24. The zero-order chi connectivity index (χ0) is 18.4. The maximum absolute atomic E-state index is 12.5. The highest BCUT2D eigenvalue weighted by molar-refractivity contribution is 7.89. The zero-order valence-corrected chi connectivity index (χ0v) is 15.0. The Kier molecular flexibility index (Phi) is 6.77. The van der Waals surface area contributed by atoms with Gasteiger partial charge in [-0.1, -0.05) is 0 Å². The van der Waals surface area contributed by atoms with Crippen LogP contribution in [-0.4, -0.2) is 58.6 Å². The molecular weight excluding hydrogens is 350 g/mol. The molecule has 2 rings (SSSR count). The van der Waals surface area contributed by atoms with Gasteiger partial charge in [0.15, 0.2) is 0 Å². The normalized spacial score (nSPS) is 23.9. The summed E-state index contributed by atoms with van der Waals surface area (Å²) < 4.78 is 42.8. The predicted molar refractivity (Wildman–Crippen MR) is 88.7 cm³/mol. The van der Waals surface area contributed by atoms with Crippen molar-refractivity contribution in [2.75, 3.05) is 20.8 Å². The molecule has 0 aromatic heterocycles. The average Bonchev–Trinajstić information content (AvgIpc) is 2.62. The average molecular weight is 373 g/mol. The molecule has 1 aromatic rings. The van der Waals surface area contributed by atoms with Gasteiger partial charge in [0.25, 0.3) is 0 Å². The van der Waals surface area contributed by atoms with Crippen LogP contribution >= 0.6 is 0 Å². The molecule has 8 nitrogen and oxygen atoms in total. The summed E-state index contributed by atoms with van der Waals surface area (Å²) in [5, 5.41) is 9.51. The van der Waals surface area contributed by atoms with E-state index in [4.69, 9.17) is 9.47 Å². The van der Waals surface area contributed by atoms with Gasteiger partial charge in [-0.3, -0.25) is 4.79 Å². The SMILES string of the molecule is COC(=O)C[C@H]1CC[C@@H](NS(=O)(=O)c2ccc(OC)cc2)[C@H](CO)O1. The molecule has 1 heterocycles. The van der Waals surface area contributed by atoms with Crippen molar-refractivity contribution in [2.24, 2.45) is 0 Å². The molecule has 9 heteroatoms. The van der Waals surface area contributed by atoms with Crippen molar-refractivity contribution in [2.45, 2.75) is 42.4 Å². The number of sulfonamides is 1. The number of ether oxygens (including phenoxy) is 3. The first-order valence-corrected chi connectivity index (χ1v) is 9.37. The van der Waals surface area contributed by atoms with Crippen LogP contribution in [0.3, 0.4) is 0 Å². The lowest BCUT2D eigenvalue weighted by atomic mass is 9.98. The minimum Gasteiger partial charge on any atom is -0.497 e. The van der Waals surface area contributed by atoms with Crippen molar-refractivity contribution in [3.8, 4) is 5.75 Å². The number of benzene rings is 1. The molecule has 1 aliphatic rings. The molecule has 0 bridgehead atoms. The molecule has 140 valence electrons. The minimum atomic E-state index is -3.76. The van der Waals surface area contributed by atoms with Crippen molar-refractivity contribution in [1.82, 2.24) is 4.72 Å². The number of nitrogens with one attached hydrogen (secondary N) is 1. The lowest BCUT2D eigenvalue weighted by Gasteiger charge is -2.35. The van der Waals surface area contributed by atoms with E-state index in [-0.39, 0.29) is 17.9 Å². The summed E-state index contributed by atoms with van der Waals surface area (Å²) in [5.74, 6) is 0.151. The van der Waals surface area contributed by atoms with Crippen molar-refractivity contribution in [3.05, 3.63) is 24.3 Å². The number of rotatable bonds is 7. The van der Waals surface area contributed by atoms with E-state index in [2.05, 4.69) is 9.46 Å². The van der Waals surface area contributed by atoms with Crippen LogP contribution in [0.25, 0.3) is 0 Å². The third-order valence-corrected chi connectivity index (χ3v) is 5.60. The first-order valence-electron chi connectivity index (χ1n) is 7.89. The molecule has 0 amide bonds. The van der Waals surface area contributed by atoms with E-state index in [0.717, 1.165) is 0 Å². The summed E-state index contributed by atoms with van der Waals surface area (Å²) in [6.07, 6.45) is -0.114. The number of aliphatic hydroxyl groups excluding tert-OH is 1. The summed E-state index contributed by atoms with van der Waals surface area (Å²) >= 11 is 0. The Balaban J connectivity index is 2.04. The van der Waals surface area contributed by atoms with Gasteiger partial charge in [0.05, 0.1) is 50.4 Å². The van der Waals surface area contributed by atoms with Crippen molar-refractivity contribution >= 4 is 16.0 Å². The first-order chi connectivity index (χ1) is 11.9. The third-order valence-electron chi connectivity index (χ3n) is 4.09. The van der Waals surface area contributed by atoms with E-state index in [1.165, 1.54) is 26.4 Å². The molecule has 3 atom stereocenters. The molecule has 0 aliphatic carbocycles. The molecule has 1 aliphatic heterocycles. The van der Waals surface area contributed by atoms with Gasteiger partial charge in [-0.05, 0) is 37.1 Å². The summed E-state index contributed by atoms with van der Waals surface area (Å²) in [7, 11) is -0.972. The van der Waals surface area contributed by atoms with Gasteiger partial charge in [0.1, 0.15) is 5.75 Å². The molecule has 2 N–H and O–H groups in total. The molecule has 25 heavy (non-hydrogen) atoms. The first kappa shape index (κ1) is 19.6. The molecule has 0 spiro atoms. The lowest BCUT2D eigenvalue weighted by molar-refractivity contribution is -0.149. The minimum absolute atomic E-state index is 0.0744. The Morgan fingerprint density at radius 1 is 1.28 bits per heavy atom. The molecule has 0 unspecified atom stereocenters. The fourth-order valence-electron chi connectivity index (χ4n) is 2.71. The highest BCUT2D eigenvalue weighted by Gasteiger charge is 2.34. The van der Waals surface area contributed by atoms with Crippen LogP contribution in [-0.2, 0) is 24.3 Å². The fourth-order valence-corrected chi connectivity index (χ4v) is 4.01. The fraction of sp³-hybridized carbons (Fsp3) is 0.562. The molecule has 1 aromatic carbocycles. The summed E-state index contributed by atoms with van der Waals surface area (Å²) in [6, 6.07) is 5.42. The maximum atomic E-state index is 12.5. The standard InChI is InChI=1S/C16H23NO7S/c1-22-11-3-6-13(7-4-11)25(20,21)17-14-8-5-12(9-16(19)23-2)24-15(14)10-18/h3-4,6-7,12,14-15,17-18H,5,8-10H2,1-2H3/t12-,14-,15+/m1/s1. The van der Waals surface area contributed by atoms with Gasteiger partial charge in [-0.2, -0.15) is 0 Å². The second-order valence-electron chi connectivity index (χ2n) is 5.74. The van der Waals surface area contributed by atoms with Crippen LogP contribution in [0.1, 0.15) is 19.3 Å². The van der Waals surface area contributed by atoms with Gasteiger partial charge in [0.2, 0.25) is 10.0 Å². The van der Waals surface area contributed by atoms with Gasteiger partial charge in [-0.15, -0.1) is 0 Å². The molecule has 1 saturated heterocycles. The van der Waals surface area contributed by atoms with Crippen molar-refractivity contribution < 1.29 is 32.5 Å². The van der Waals surface area contributed by atoms with Crippen LogP contribution in [0.15, 0.2) is 29.2 Å². The smallest absolute Gasteiger partial charge is 0.308 e. The van der Waals surface area contributed by atoms with E-state index in [9.17, 15) is 18.3 Å². The Bertz CT molecular complexity index is 674. The second-order valence-corrected chi connectivity index (χ2v) is 7.45. The van der Waals surface area contributed by atoms with E-state index in [0.29, 0.717) is 18.6 Å². The van der Waals surface area contributed by atoms with Gasteiger partial charge in [-0.25, -0.2) is 13.1 Å². The van der Waals surface area contributed by atoms with Gasteiger partial charge in [0, 0.05) is 0 Å². The quantitative estimate of drug-likeness (QED) is 0.667. The van der Waals surface area contributed by atoms with E-state index in [1.807, 2.05) is 0 Å². The third kappa shape index (κ3) is 5.15. The van der Waals surface area contributed by atoms with Crippen LogP contribution < -0.4 is 9.46 Å². The molecule has 0 saturated carbocycles. The number of esters is 1. The lowest BCUT2D eigenvalue weighted by Crippen LogP contribution is -2.51. The number of methoxy groups -OCH3 is 2. The van der Waals surface area contributed by atoms with Crippen LogP contribution in [0.5, 0.6) is 5.75 Å². The van der Waals surface area contributed by atoms with Crippen LogP contribution in [0.2, 0.25) is 0 Å². The van der Waals surface area contributed by atoms with Crippen LogP contribution in [0.4, 0.5) is 0 Å². The topological polar surface area (TPSA) is 111 Å². The second kappa shape index (κ2) is 8.61. The Hall–Kier alpha value is -1.68. The zero-order valence-electron chi connectivity index (χ0n) is 14.2.